The first-order chi connectivity index (χ1) is 18.5. The summed E-state index contributed by atoms with van der Waals surface area (Å²) in [6.45, 7) is 6.46. The first kappa shape index (κ1) is 26.7. The van der Waals surface area contributed by atoms with Crippen molar-refractivity contribution in [2.24, 2.45) is 22.9 Å². The third-order valence-electron chi connectivity index (χ3n) is 9.38. The van der Waals surface area contributed by atoms with Crippen LogP contribution in [0.4, 0.5) is 11.5 Å². The molecule has 204 valence electrons. The molecule has 2 aromatic rings. The van der Waals surface area contributed by atoms with Gasteiger partial charge in [0.1, 0.15) is 5.82 Å². The van der Waals surface area contributed by atoms with Crippen molar-refractivity contribution in [3.63, 3.8) is 0 Å². The minimum absolute atomic E-state index is 0.00458. The van der Waals surface area contributed by atoms with Crippen molar-refractivity contribution >= 4 is 23.1 Å². The van der Waals surface area contributed by atoms with E-state index in [0.29, 0.717) is 35.9 Å². The van der Waals surface area contributed by atoms with Crippen LogP contribution in [0.1, 0.15) is 68.9 Å². The van der Waals surface area contributed by atoms with E-state index in [9.17, 15) is 10.0 Å². The fraction of sp³-hybridized carbons (Fsp3) is 0.581. The summed E-state index contributed by atoms with van der Waals surface area (Å²) in [5, 5.41) is 16.4. The smallest absolute Gasteiger partial charge is 0.225 e. The summed E-state index contributed by atoms with van der Waals surface area (Å²) >= 11 is 0. The zero-order valence-electron chi connectivity index (χ0n) is 23.0. The fourth-order valence-electron chi connectivity index (χ4n) is 7.03. The maximum absolute atomic E-state index is 13.0. The largest absolute Gasteiger partial charge is 0.411 e. The van der Waals surface area contributed by atoms with E-state index in [1.54, 1.807) is 0 Å². The first-order valence-corrected chi connectivity index (χ1v) is 14.5. The number of nitrogens with zero attached hydrogens (tertiary/aromatic N) is 4. The van der Waals surface area contributed by atoms with E-state index in [0.717, 1.165) is 76.1 Å². The Balaban J connectivity index is 1.22. The van der Waals surface area contributed by atoms with E-state index in [1.165, 1.54) is 17.5 Å². The summed E-state index contributed by atoms with van der Waals surface area (Å²) in [5.41, 5.74) is 5.01. The highest BCUT2D eigenvalue weighted by Gasteiger charge is 2.37. The second kappa shape index (κ2) is 12.3. The number of pyridine rings is 1. The number of piperazine rings is 1. The van der Waals surface area contributed by atoms with Crippen LogP contribution in [0.15, 0.2) is 47.8 Å². The van der Waals surface area contributed by atoms with Gasteiger partial charge in [-0.3, -0.25) is 4.79 Å². The van der Waals surface area contributed by atoms with E-state index in [2.05, 4.69) is 69.6 Å². The van der Waals surface area contributed by atoms with Crippen molar-refractivity contribution in [1.82, 2.24) is 9.88 Å². The number of fused-ring (bicyclic) bond motifs is 3. The summed E-state index contributed by atoms with van der Waals surface area (Å²) in [6.07, 6.45) is 9.21. The minimum Gasteiger partial charge on any atom is -0.411 e. The van der Waals surface area contributed by atoms with E-state index in [-0.39, 0.29) is 5.91 Å². The molecule has 1 aliphatic heterocycles. The molecule has 2 heterocycles. The number of nitrogens with one attached hydrogen (secondary N) is 1. The van der Waals surface area contributed by atoms with Crippen LogP contribution in [0.5, 0.6) is 0 Å². The first-order valence-electron chi connectivity index (χ1n) is 14.5. The fourth-order valence-corrected chi connectivity index (χ4v) is 7.03. The number of aryl methyl sites for hydroxylation is 1. The van der Waals surface area contributed by atoms with Crippen molar-refractivity contribution in [2.45, 2.75) is 64.2 Å². The zero-order chi connectivity index (χ0) is 26.5. The number of carbonyl (C=O) groups excluding carboxylic acids is 1. The zero-order valence-corrected chi connectivity index (χ0v) is 23.0. The molecule has 4 atom stereocenters. The van der Waals surface area contributed by atoms with Gasteiger partial charge >= 0.3 is 0 Å². The molecule has 7 heteroatoms. The Morgan fingerprint density at radius 3 is 2.68 bits per heavy atom. The molecule has 3 aliphatic rings. The highest BCUT2D eigenvalue weighted by molar-refractivity contribution is 5.90. The van der Waals surface area contributed by atoms with Gasteiger partial charge in [-0.1, -0.05) is 36.3 Å². The second-order valence-electron chi connectivity index (χ2n) is 11.7. The second-order valence-corrected chi connectivity index (χ2v) is 11.7. The van der Waals surface area contributed by atoms with Crippen LogP contribution in [0.25, 0.3) is 0 Å². The molecule has 38 heavy (non-hydrogen) atoms. The molecule has 1 amide bonds. The summed E-state index contributed by atoms with van der Waals surface area (Å²) in [5.74, 6) is 2.53. The lowest BCUT2D eigenvalue weighted by molar-refractivity contribution is -0.116. The summed E-state index contributed by atoms with van der Waals surface area (Å²) in [4.78, 5) is 22.2. The number of rotatable bonds is 5. The number of benzene rings is 1. The summed E-state index contributed by atoms with van der Waals surface area (Å²) < 4.78 is 0. The molecule has 2 fully saturated rings. The molecule has 2 N–H and O–H groups in total. The molecule has 0 radical (unpaired) electrons. The number of oxime groups is 1. The lowest BCUT2D eigenvalue weighted by Gasteiger charge is -2.40. The van der Waals surface area contributed by atoms with Crippen LogP contribution < -0.4 is 10.2 Å². The van der Waals surface area contributed by atoms with Crippen molar-refractivity contribution in [1.29, 1.82) is 0 Å². The Kier molecular flexibility index (Phi) is 8.62. The van der Waals surface area contributed by atoms with Crippen molar-refractivity contribution < 1.29 is 10.0 Å². The van der Waals surface area contributed by atoms with Crippen LogP contribution in [-0.2, 0) is 11.2 Å². The van der Waals surface area contributed by atoms with Gasteiger partial charge in [-0.15, -0.1) is 0 Å². The van der Waals surface area contributed by atoms with Gasteiger partial charge in [-0.2, -0.15) is 0 Å². The summed E-state index contributed by atoms with van der Waals surface area (Å²) in [7, 11) is 2.15. The lowest BCUT2D eigenvalue weighted by atomic mass is 9.65. The normalized spacial score (nSPS) is 27.5. The van der Waals surface area contributed by atoms with Crippen LogP contribution in [0.2, 0.25) is 0 Å². The quantitative estimate of drug-likeness (QED) is 0.401. The number of likely N-dealkylation sites (N-methyl/N-ethyl adjacent to an activating group) is 1. The average molecular weight is 518 g/mol. The molecule has 3 unspecified atom stereocenters. The van der Waals surface area contributed by atoms with Gasteiger partial charge in [-0.05, 0) is 98.9 Å². The molecule has 2 aliphatic carbocycles. The van der Waals surface area contributed by atoms with Gasteiger partial charge in [0.25, 0.3) is 0 Å². The molecule has 1 aromatic carbocycles. The predicted octanol–water partition coefficient (Wildman–Crippen LogP) is 5.55. The SMILES string of the molecule is CC1C2CCc3ccccc3C2CCC/C(=N/O)C[C@H]1CCC(=O)Nc1ccc(N2CCN(C)CC2)cn1. The standard InChI is InChI=1S/C31H43N5O2/c1-22-24(11-15-31(37)33-30-14-12-26(21-32-30)36-18-16-35(2)17-19-36)20-25(34-38)7-5-9-29-27(22)13-10-23-6-3-4-8-28(23)29/h3-4,6,8,12,14,21-22,24,27,29,38H,5,7,9-11,13,15-20H2,1-2H3,(H,32,33,37)/b34-25-/t22?,24-,27?,29?/m1/s1. The van der Waals surface area contributed by atoms with Gasteiger partial charge in [0.05, 0.1) is 17.6 Å². The third-order valence-corrected chi connectivity index (χ3v) is 9.38. The molecular formula is C31H43N5O2. The number of carbonyl (C=O) groups is 1. The number of amides is 1. The van der Waals surface area contributed by atoms with Crippen LogP contribution in [0, 0.1) is 17.8 Å². The molecule has 0 spiro atoms. The molecular weight excluding hydrogens is 474 g/mol. The van der Waals surface area contributed by atoms with E-state index in [1.807, 2.05) is 12.3 Å². The topological polar surface area (TPSA) is 81.1 Å². The van der Waals surface area contributed by atoms with Crippen molar-refractivity contribution in [2.75, 3.05) is 43.4 Å². The Morgan fingerprint density at radius 2 is 1.92 bits per heavy atom. The van der Waals surface area contributed by atoms with E-state index in [4.69, 9.17) is 0 Å². The lowest BCUT2D eigenvalue weighted by Crippen LogP contribution is -2.44. The number of anilines is 2. The van der Waals surface area contributed by atoms with Crippen molar-refractivity contribution in [3.8, 4) is 0 Å². The number of hydrogen-bond donors (Lipinski definition) is 2. The van der Waals surface area contributed by atoms with Gasteiger partial charge in [0.15, 0.2) is 0 Å². The Morgan fingerprint density at radius 1 is 1.11 bits per heavy atom. The molecule has 1 saturated carbocycles. The van der Waals surface area contributed by atoms with Gasteiger partial charge in [0.2, 0.25) is 5.91 Å². The molecule has 1 saturated heterocycles. The number of aromatic nitrogens is 1. The Bertz CT molecular complexity index is 1110. The maximum atomic E-state index is 13.0. The molecule has 1 aromatic heterocycles. The highest BCUT2D eigenvalue weighted by Crippen LogP contribution is 2.47. The van der Waals surface area contributed by atoms with E-state index < -0.39 is 0 Å². The highest BCUT2D eigenvalue weighted by atomic mass is 16.4. The van der Waals surface area contributed by atoms with Crippen LogP contribution >= 0.6 is 0 Å². The average Bonchev–Trinajstić information content (AvgIpc) is 3.01. The third kappa shape index (κ3) is 6.20. The van der Waals surface area contributed by atoms with Crippen LogP contribution in [-0.4, -0.2) is 59.9 Å². The van der Waals surface area contributed by atoms with Gasteiger partial charge < -0.3 is 20.3 Å². The minimum atomic E-state index is 0.00458. The molecule has 0 bridgehead atoms. The summed E-state index contributed by atoms with van der Waals surface area (Å²) in [6, 6.07) is 12.9. The molecule has 5 rings (SSSR count). The van der Waals surface area contributed by atoms with Gasteiger partial charge in [0, 0.05) is 32.6 Å². The monoisotopic (exact) mass is 517 g/mol. The Hall–Kier alpha value is -2.93. The van der Waals surface area contributed by atoms with Crippen molar-refractivity contribution in [3.05, 3.63) is 53.7 Å². The molecule has 7 nitrogen and oxygen atoms in total. The van der Waals surface area contributed by atoms with Gasteiger partial charge in [-0.25, -0.2) is 4.98 Å². The van der Waals surface area contributed by atoms with E-state index >= 15 is 0 Å². The van der Waals surface area contributed by atoms with Crippen LogP contribution in [0.3, 0.4) is 0 Å². The number of hydrogen-bond acceptors (Lipinski definition) is 6. The maximum Gasteiger partial charge on any atom is 0.225 e. The Labute approximate surface area is 227 Å². The predicted molar refractivity (Wildman–Crippen MR) is 153 cm³/mol.